The summed E-state index contributed by atoms with van der Waals surface area (Å²) in [7, 11) is 0.940. The summed E-state index contributed by atoms with van der Waals surface area (Å²) < 4.78 is 5.12. The van der Waals surface area contributed by atoms with Gasteiger partial charge in [0, 0.05) is 12.8 Å². The van der Waals surface area contributed by atoms with Crippen LogP contribution in [0.3, 0.4) is 0 Å². The minimum Gasteiger partial charge on any atom is -0.481 e. The molecule has 0 aliphatic carbocycles. The Balaban J connectivity index is 0. The summed E-state index contributed by atoms with van der Waals surface area (Å²) in [5, 5.41) is 16.1. The van der Waals surface area contributed by atoms with Crippen molar-refractivity contribution in [1.82, 2.24) is 0 Å². The molecular weight excluding hydrogens is 244 g/mol. The number of rotatable bonds is 8. The molecule has 0 saturated carbocycles. The average molecular weight is 266 g/mol. The van der Waals surface area contributed by atoms with Crippen molar-refractivity contribution in [3.8, 4) is 0 Å². The Morgan fingerprint density at radius 2 is 1.69 bits per heavy atom. The number of aliphatic carboxylic acids is 2. The molecule has 0 spiro atoms. The third-order valence-corrected chi connectivity index (χ3v) is 4.15. The highest BCUT2D eigenvalue weighted by molar-refractivity contribution is 6.34. The lowest BCUT2D eigenvalue weighted by Crippen LogP contribution is -1.98. The number of carboxylic acids is 2. The molecule has 96 valence electrons. The number of hydrogen-bond donors (Lipinski definition) is 2. The molecule has 0 unspecified atom stereocenters. The molecule has 0 rings (SSSR count). The molecule has 16 heavy (non-hydrogen) atoms. The Kier molecular flexibility index (Phi) is 15.9. The van der Waals surface area contributed by atoms with E-state index in [0.717, 1.165) is 10.5 Å². The van der Waals surface area contributed by atoms with Crippen LogP contribution in [0.15, 0.2) is 0 Å². The van der Waals surface area contributed by atoms with Gasteiger partial charge in [0.05, 0.1) is 0 Å². The molecule has 0 aliphatic rings. The fourth-order valence-electron chi connectivity index (χ4n) is 0.887. The SMILES string of the molecule is CCCC[SiH2]O[SiH3].O=C(O)CCCC(=O)O. The van der Waals surface area contributed by atoms with E-state index in [9.17, 15) is 9.59 Å². The lowest BCUT2D eigenvalue weighted by molar-refractivity contribution is -0.138. The monoisotopic (exact) mass is 266 g/mol. The Morgan fingerprint density at radius 3 is 2.00 bits per heavy atom. The largest absolute Gasteiger partial charge is 0.481 e. The Bertz CT molecular complexity index is 169. The summed E-state index contributed by atoms with van der Waals surface area (Å²) in [6.07, 6.45) is 2.80. The van der Waals surface area contributed by atoms with Gasteiger partial charge in [0.25, 0.3) is 0 Å². The van der Waals surface area contributed by atoms with Crippen LogP contribution >= 0.6 is 0 Å². The van der Waals surface area contributed by atoms with E-state index in [-0.39, 0.29) is 29.0 Å². The van der Waals surface area contributed by atoms with Crippen LogP contribution in [0, 0.1) is 0 Å². The molecule has 0 aromatic carbocycles. The van der Waals surface area contributed by atoms with Crippen LogP contribution in [0.2, 0.25) is 6.04 Å². The predicted octanol–water partition coefficient (Wildman–Crippen LogP) is -0.0885. The highest BCUT2D eigenvalue weighted by Crippen LogP contribution is 1.93. The summed E-state index contributed by atoms with van der Waals surface area (Å²) in [6.45, 7) is 2.22. The quantitative estimate of drug-likeness (QED) is 0.474. The molecule has 5 nitrogen and oxygen atoms in total. The maximum absolute atomic E-state index is 9.79. The van der Waals surface area contributed by atoms with E-state index in [1.807, 2.05) is 0 Å². The van der Waals surface area contributed by atoms with Crippen LogP contribution in [0.5, 0.6) is 0 Å². The Hall–Kier alpha value is -0.666. The second-order valence-corrected chi connectivity index (χ2v) is 6.77. The molecule has 0 radical (unpaired) electrons. The van der Waals surface area contributed by atoms with Crippen LogP contribution in [-0.4, -0.2) is 42.4 Å². The standard InChI is InChI=1S/C5H8O4.C4H14OSi2/c6-4(7)2-1-3-5(8)9;1-2-3-4-7-5-6/h1-3H2,(H,6,7)(H,8,9);2-4,7H2,1,6H3. The number of unbranched alkanes of at least 4 members (excludes halogenated alkanes) is 1. The third kappa shape index (κ3) is 23.3. The molecule has 0 aromatic heterocycles. The van der Waals surface area contributed by atoms with E-state index >= 15 is 0 Å². The highest BCUT2D eigenvalue weighted by atomic mass is 28.3. The molecular formula is C9H22O5Si2. The van der Waals surface area contributed by atoms with Crippen molar-refractivity contribution in [2.75, 3.05) is 0 Å². The average Bonchev–Trinajstić information content (AvgIpc) is 2.18. The van der Waals surface area contributed by atoms with Gasteiger partial charge in [-0.1, -0.05) is 19.8 Å². The van der Waals surface area contributed by atoms with Crippen molar-refractivity contribution >= 4 is 32.2 Å². The van der Waals surface area contributed by atoms with Gasteiger partial charge < -0.3 is 14.3 Å². The van der Waals surface area contributed by atoms with Crippen LogP contribution < -0.4 is 0 Å². The van der Waals surface area contributed by atoms with Crippen molar-refractivity contribution in [1.29, 1.82) is 0 Å². The zero-order valence-electron chi connectivity index (χ0n) is 10.1. The summed E-state index contributed by atoms with van der Waals surface area (Å²) in [5.41, 5.74) is 0. The number of carbonyl (C=O) groups is 2. The number of carboxylic acid groups (broad SMARTS) is 2. The van der Waals surface area contributed by atoms with Crippen molar-refractivity contribution < 1.29 is 23.9 Å². The highest BCUT2D eigenvalue weighted by Gasteiger charge is 1.99. The summed E-state index contributed by atoms with van der Waals surface area (Å²) >= 11 is 0. The van der Waals surface area contributed by atoms with Gasteiger partial charge in [-0.25, -0.2) is 0 Å². The maximum Gasteiger partial charge on any atom is 0.303 e. The zero-order chi connectivity index (χ0) is 12.8. The Morgan fingerprint density at radius 1 is 1.19 bits per heavy atom. The van der Waals surface area contributed by atoms with Crippen LogP contribution in [0.1, 0.15) is 39.0 Å². The van der Waals surface area contributed by atoms with Crippen LogP contribution in [0.4, 0.5) is 0 Å². The van der Waals surface area contributed by atoms with E-state index in [4.69, 9.17) is 14.3 Å². The van der Waals surface area contributed by atoms with Gasteiger partial charge in [0.2, 0.25) is 0 Å². The first-order valence-corrected chi connectivity index (χ1v) is 7.86. The topological polar surface area (TPSA) is 83.8 Å². The molecule has 0 amide bonds. The van der Waals surface area contributed by atoms with E-state index in [2.05, 4.69) is 6.92 Å². The predicted molar refractivity (Wildman–Crippen MR) is 68.4 cm³/mol. The van der Waals surface area contributed by atoms with Gasteiger partial charge in [-0.2, -0.15) is 0 Å². The molecule has 0 aliphatic heterocycles. The fourth-order valence-corrected chi connectivity index (χ4v) is 2.75. The van der Waals surface area contributed by atoms with E-state index in [0.29, 0.717) is 0 Å². The van der Waals surface area contributed by atoms with Crippen molar-refractivity contribution in [3.63, 3.8) is 0 Å². The van der Waals surface area contributed by atoms with Gasteiger partial charge >= 0.3 is 11.9 Å². The first kappa shape index (κ1) is 17.7. The van der Waals surface area contributed by atoms with Crippen molar-refractivity contribution in [2.24, 2.45) is 0 Å². The summed E-state index contributed by atoms with van der Waals surface area (Å²) in [6, 6.07) is 1.39. The van der Waals surface area contributed by atoms with Crippen molar-refractivity contribution in [2.45, 2.75) is 45.1 Å². The normalized spacial score (nSPS) is 10.1. The van der Waals surface area contributed by atoms with Gasteiger partial charge in [0.15, 0.2) is 0 Å². The van der Waals surface area contributed by atoms with Gasteiger partial charge in [0.1, 0.15) is 20.2 Å². The first-order valence-electron chi connectivity index (χ1n) is 5.47. The second kappa shape index (κ2) is 14.3. The van der Waals surface area contributed by atoms with E-state index < -0.39 is 11.9 Å². The van der Waals surface area contributed by atoms with Gasteiger partial charge in [-0.15, -0.1) is 0 Å². The molecule has 0 fully saturated rings. The number of hydrogen-bond acceptors (Lipinski definition) is 3. The molecule has 2 N–H and O–H groups in total. The van der Waals surface area contributed by atoms with Crippen molar-refractivity contribution in [3.05, 3.63) is 0 Å². The van der Waals surface area contributed by atoms with Gasteiger partial charge in [-0.05, 0) is 12.5 Å². The molecule has 7 heteroatoms. The molecule has 0 saturated heterocycles. The molecule has 0 aromatic rings. The summed E-state index contributed by atoms with van der Waals surface area (Å²) in [4.78, 5) is 19.6. The minimum absolute atomic E-state index is 0.0276. The first-order chi connectivity index (χ1) is 7.54. The summed E-state index contributed by atoms with van der Waals surface area (Å²) in [5.74, 6) is -1.90. The third-order valence-electron chi connectivity index (χ3n) is 1.73. The maximum atomic E-state index is 9.79. The van der Waals surface area contributed by atoms with Crippen LogP contribution in [-0.2, 0) is 13.7 Å². The molecule has 0 atom stereocenters. The lowest BCUT2D eigenvalue weighted by atomic mass is 10.2. The lowest BCUT2D eigenvalue weighted by Gasteiger charge is -1.92. The minimum atomic E-state index is -0.948. The smallest absolute Gasteiger partial charge is 0.303 e. The zero-order valence-corrected chi connectivity index (χ0v) is 13.5. The fraction of sp³-hybridized carbons (Fsp3) is 0.778. The van der Waals surface area contributed by atoms with E-state index in [1.165, 1.54) is 18.9 Å². The van der Waals surface area contributed by atoms with E-state index in [1.54, 1.807) is 0 Å². The molecule has 0 heterocycles. The van der Waals surface area contributed by atoms with Gasteiger partial charge in [-0.3, -0.25) is 9.59 Å². The Labute approximate surface area is 102 Å². The van der Waals surface area contributed by atoms with Crippen LogP contribution in [0.25, 0.3) is 0 Å². The second-order valence-electron chi connectivity index (χ2n) is 3.34. The molecule has 0 bridgehead atoms.